The fraction of sp³-hybridized carbons (Fsp3) is 0.846. The molecule has 3 N–H and O–H groups in total. The first-order valence-corrected chi connectivity index (χ1v) is 6.52. The number of nitrogens with zero attached hydrogens (tertiary/aromatic N) is 2. The summed E-state index contributed by atoms with van der Waals surface area (Å²) in [6, 6.07) is -0.830. The number of carbonyl (C=O) groups excluding carboxylic acids is 1. The SMILES string of the molecule is CC(C)(N)C(=O)N1CCN(C(C)(C)C)CC1C(=O)O. The average Bonchev–Trinajstić information content (AvgIpc) is 2.24. The van der Waals surface area contributed by atoms with Crippen molar-refractivity contribution in [3.05, 3.63) is 0 Å². The van der Waals surface area contributed by atoms with Gasteiger partial charge in [-0.25, -0.2) is 4.79 Å². The van der Waals surface area contributed by atoms with Crippen molar-refractivity contribution in [2.24, 2.45) is 5.73 Å². The lowest BCUT2D eigenvalue weighted by Crippen LogP contribution is -2.65. The Morgan fingerprint density at radius 3 is 2.05 bits per heavy atom. The Balaban J connectivity index is 2.92. The topological polar surface area (TPSA) is 86.9 Å². The van der Waals surface area contributed by atoms with Crippen molar-refractivity contribution in [3.63, 3.8) is 0 Å². The zero-order chi connectivity index (χ0) is 15.0. The largest absolute Gasteiger partial charge is 0.480 e. The Labute approximate surface area is 114 Å². The van der Waals surface area contributed by atoms with Gasteiger partial charge in [-0.05, 0) is 34.6 Å². The summed E-state index contributed by atoms with van der Waals surface area (Å²) in [6.07, 6.45) is 0. The molecule has 1 rings (SSSR count). The van der Waals surface area contributed by atoms with Gasteiger partial charge in [0.15, 0.2) is 0 Å². The van der Waals surface area contributed by atoms with Crippen LogP contribution < -0.4 is 5.73 Å². The summed E-state index contributed by atoms with van der Waals surface area (Å²) in [7, 11) is 0. The van der Waals surface area contributed by atoms with Crippen molar-refractivity contribution >= 4 is 11.9 Å². The van der Waals surface area contributed by atoms with Gasteiger partial charge >= 0.3 is 5.97 Å². The zero-order valence-electron chi connectivity index (χ0n) is 12.4. The molecule has 1 fully saturated rings. The number of hydrogen-bond donors (Lipinski definition) is 2. The van der Waals surface area contributed by atoms with Gasteiger partial charge in [-0.15, -0.1) is 0 Å². The number of carbonyl (C=O) groups is 2. The predicted molar refractivity (Wildman–Crippen MR) is 72.7 cm³/mol. The standard InChI is InChI=1S/C13H25N3O3/c1-12(2,3)15-6-7-16(9(8-15)10(17)18)11(19)13(4,5)14/h9H,6-8,14H2,1-5H3,(H,17,18). The normalized spacial score (nSPS) is 22.4. The number of carboxylic acid groups (broad SMARTS) is 1. The highest BCUT2D eigenvalue weighted by molar-refractivity contribution is 5.89. The summed E-state index contributed by atoms with van der Waals surface area (Å²) in [5, 5.41) is 9.35. The van der Waals surface area contributed by atoms with E-state index >= 15 is 0 Å². The molecule has 0 aromatic heterocycles. The molecule has 0 spiro atoms. The van der Waals surface area contributed by atoms with Crippen LogP contribution in [-0.2, 0) is 9.59 Å². The van der Waals surface area contributed by atoms with E-state index in [1.807, 2.05) is 20.8 Å². The summed E-state index contributed by atoms with van der Waals surface area (Å²) >= 11 is 0. The molecule has 0 saturated carbocycles. The van der Waals surface area contributed by atoms with Gasteiger partial charge in [-0.2, -0.15) is 0 Å². The maximum Gasteiger partial charge on any atom is 0.327 e. The number of rotatable bonds is 2. The average molecular weight is 271 g/mol. The molecule has 1 unspecified atom stereocenters. The first-order valence-electron chi connectivity index (χ1n) is 6.52. The second-order valence-electron chi connectivity index (χ2n) is 6.69. The van der Waals surface area contributed by atoms with Crippen LogP contribution in [0.15, 0.2) is 0 Å². The number of aliphatic carboxylic acids is 1. The van der Waals surface area contributed by atoms with Crippen molar-refractivity contribution in [1.82, 2.24) is 9.80 Å². The molecule has 0 aromatic carbocycles. The Kier molecular flexibility index (Phi) is 4.27. The Hall–Kier alpha value is -1.14. The molecule has 0 aromatic rings. The molecule has 1 aliphatic rings. The first kappa shape index (κ1) is 15.9. The quantitative estimate of drug-likeness (QED) is 0.745. The molecule has 1 amide bonds. The lowest BCUT2D eigenvalue weighted by Gasteiger charge is -2.46. The molecule has 110 valence electrons. The van der Waals surface area contributed by atoms with Crippen LogP contribution >= 0.6 is 0 Å². The van der Waals surface area contributed by atoms with Crippen LogP contribution in [0.25, 0.3) is 0 Å². The molecular weight excluding hydrogens is 246 g/mol. The monoisotopic (exact) mass is 271 g/mol. The molecule has 6 nitrogen and oxygen atoms in total. The van der Waals surface area contributed by atoms with Gasteiger partial charge < -0.3 is 15.7 Å². The third kappa shape index (κ3) is 3.67. The fourth-order valence-corrected chi connectivity index (χ4v) is 2.22. The number of amides is 1. The number of hydrogen-bond acceptors (Lipinski definition) is 4. The summed E-state index contributed by atoms with van der Waals surface area (Å²) in [5.41, 5.74) is 4.64. The van der Waals surface area contributed by atoms with E-state index in [0.29, 0.717) is 19.6 Å². The molecule has 6 heteroatoms. The van der Waals surface area contributed by atoms with Crippen LogP contribution in [0, 0.1) is 0 Å². The molecule has 0 radical (unpaired) electrons. The van der Waals surface area contributed by atoms with E-state index < -0.39 is 17.6 Å². The van der Waals surface area contributed by atoms with E-state index in [1.165, 1.54) is 4.90 Å². The molecule has 1 atom stereocenters. The highest BCUT2D eigenvalue weighted by atomic mass is 16.4. The number of piperazine rings is 1. The third-order valence-corrected chi connectivity index (χ3v) is 3.43. The third-order valence-electron chi connectivity index (χ3n) is 3.43. The lowest BCUT2D eigenvalue weighted by molar-refractivity contribution is -0.157. The lowest BCUT2D eigenvalue weighted by atomic mass is 9.99. The Morgan fingerprint density at radius 1 is 1.16 bits per heavy atom. The minimum Gasteiger partial charge on any atom is -0.480 e. The minimum absolute atomic E-state index is 0.110. The van der Waals surface area contributed by atoms with Crippen LogP contribution in [0.1, 0.15) is 34.6 Å². The summed E-state index contributed by atoms with van der Waals surface area (Å²) in [4.78, 5) is 27.1. The van der Waals surface area contributed by atoms with Crippen LogP contribution in [-0.4, -0.2) is 63.5 Å². The molecule has 0 aliphatic carbocycles. The van der Waals surface area contributed by atoms with E-state index in [-0.39, 0.29) is 11.4 Å². The van der Waals surface area contributed by atoms with Crippen LogP contribution in [0.4, 0.5) is 0 Å². The van der Waals surface area contributed by atoms with Gasteiger partial charge in [0.25, 0.3) is 0 Å². The van der Waals surface area contributed by atoms with E-state index in [2.05, 4.69) is 4.90 Å². The van der Waals surface area contributed by atoms with Crippen molar-refractivity contribution in [3.8, 4) is 0 Å². The van der Waals surface area contributed by atoms with Crippen LogP contribution in [0.3, 0.4) is 0 Å². The first-order chi connectivity index (χ1) is 8.44. The second kappa shape index (κ2) is 5.09. The van der Waals surface area contributed by atoms with Crippen LogP contribution in [0.5, 0.6) is 0 Å². The fourth-order valence-electron chi connectivity index (χ4n) is 2.22. The summed E-state index contributed by atoms with van der Waals surface area (Å²) in [5.74, 6) is -1.29. The van der Waals surface area contributed by atoms with Gasteiger partial charge in [0.2, 0.25) is 5.91 Å². The van der Waals surface area contributed by atoms with E-state index in [4.69, 9.17) is 5.73 Å². The number of carboxylic acids is 1. The highest BCUT2D eigenvalue weighted by Gasteiger charge is 2.41. The highest BCUT2D eigenvalue weighted by Crippen LogP contribution is 2.21. The Bertz CT molecular complexity index is 368. The molecule has 1 heterocycles. The van der Waals surface area contributed by atoms with E-state index in [9.17, 15) is 14.7 Å². The Morgan fingerprint density at radius 2 is 1.68 bits per heavy atom. The molecule has 1 saturated heterocycles. The molecule has 0 bridgehead atoms. The van der Waals surface area contributed by atoms with Crippen LogP contribution in [0.2, 0.25) is 0 Å². The zero-order valence-corrected chi connectivity index (χ0v) is 12.4. The number of nitrogens with two attached hydrogens (primary N) is 1. The predicted octanol–water partition coefficient (Wildman–Crippen LogP) is 0.120. The molecular formula is C13H25N3O3. The van der Waals surface area contributed by atoms with Gasteiger partial charge in [-0.3, -0.25) is 9.69 Å². The van der Waals surface area contributed by atoms with Gasteiger partial charge in [-0.1, -0.05) is 0 Å². The second-order valence-corrected chi connectivity index (χ2v) is 6.69. The maximum absolute atomic E-state index is 12.2. The van der Waals surface area contributed by atoms with E-state index in [1.54, 1.807) is 13.8 Å². The molecule has 1 aliphatic heterocycles. The van der Waals surface area contributed by atoms with Crippen molar-refractivity contribution < 1.29 is 14.7 Å². The van der Waals surface area contributed by atoms with Crippen molar-refractivity contribution in [1.29, 1.82) is 0 Å². The molecule has 19 heavy (non-hydrogen) atoms. The van der Waals surface area contributed by atoms with Gasteiger partial charge in [0.05, 0.1) is 5.54 Å². The van der Waals surface area contributed by atoms with Gasteiger partial charge in [0, 0.05) is 25.2 Å². The van der Waals surface area contributed by atoms with Crippen molar-refractivity contribution in [2.75, 3.05) is 19.6 Å². The van der Waals surface area contributed by atoms with Crippen molar-refractivity contribution in [2.45, 2.75) is 51.7 Å². The van der Waals surface area contributed by atoms with E-state index in [0.717, 1.165) is 0 Å². The maximum atomic E-state index is 12.2. The minimum atomic E-state index is -1.04. The van der Waals surface area contributed by atoms with Gasteiger partial charge in [0.1, 0.15) is 6.04 Å². The summed E-state index contributed by atoms with van der Waals surface area (Å²) in [6.45, 7) is 10.7. The summed E-state index contributed by atoms with van der Waals surface area (Å²) < 4.78 is 0. The smallest absolute Gasteiger partial charge is 0.327 e.